The Hall–Kier alpha value is -3.82. The van der Waals surface area contributed by atoms with E-state index in [2.05, 4.69) is 16.8 Å². The third kappa shape index (κ3) is 7.52. The SMILES string of the molecule is [Cl-].[Cl-].[NH3+]CCC[C@H]([NH3+])CNC(=O)c1nc2cc(-c3ccc(F)cc3)c(-c3ccc(F)cc3)cc2n1Cc1ccccc1. The minimum atomic E-state index is -0.335. The van der Waals surface area contributed by atoms with Crippen molar-refractivity contribution in [2.45, 2.75) is 25.4 Å². The summed E-state index contributed by atoms with van der Waals surface area (Å²) < 4.78 is 29.5. The number of rotatable bonds is 10. The van der Waals surface area contributed by atoms with E-state index in [0.717, 1.165) is 52.7 Å². The number of nitrogens with one attached hydrogen (secondary N) is 1. The first-order chi connectivity index (χ1) is 19.4. The van der Waals surface area contributed by atoms with Crippen LogP contribution < -0.4 is 41.6 Å². The molecule has 7 N–H and O–H groups in total. The molecule has 10 heteroatoms. The zero-order valence-corrected chi connectivity index (χ0v) is 24.5. The molecule has 0 radical (unpaired) electrons. The first kappa shape index (κ1) is 32.7. The van der Waals surface area contributed by atoms with Crippen LogP contribution in [0.15, 0.2) is 91.0 Å². The lowest BCUT2D eigenvalue weighted by Crippen LogP contribution is -3.00. The Morgan fingerprint density at radius 3 is 2.00 bits per heavy atom. The molecule has 0 aliphatic carbocycles. The van der Waals surface area contributed by atoms with Crippen LogP contribution in [0, 0.1) is 11.6 Å². The summed E-state index contributed by atoms with van der Waals surface area (Å²) in [5, 5.41) is 3.01. The van der Waals surface area contributed by atoms with Gasteiger partial charge in [-0.05, 0) is 64.2 Å². The van der Waals surface area contributed by atoms with Gasteiger partial charge in [0.1, 0.15) is 17.7 Å². The summed E-state index contributed by atoms with van der Waals surface area (Å²) in [5.41, 5.74) is 13.7. The molecule has 0 saturated heterocycles. The van der Waals surface area contributed by atoms with Gasteiger partial charge in [-0.25, -0.2) is 13.8 Å². The summed E-state index contributed by atoms with van der Waals surface area (Å²) in [4.78, 5) is 18.3. The van der Waals surface area contributed by atoms with Crippen LogP contribution in [0.5, 0.6) is 0 Å². The van der Waals surface area contributed by atoms with Crippen LogP contribution in [0.25, 0.3) is 33.3 Å². The quantitative estimate of drug-likeness (QED) is 0.171. The Bertz CT molecular complexity index is 1610. The van der Waals surface area contributed by atoms with Crippen LogP contribution in [0.2, 0.25) is 0 Å². The fraction of sp³-hybridized carbons (Fsp3) is 0.188. The molecule has 1 heterocycles. The van der Waals surface area contributed by atoms with Crippen LogP contribution in [-0.4, -0.2) is 34.6 Å². The van der Waals surface area contributed by atoms with Crippen LogP contribution >= 0.6 is 0 Å². The number of benzene rings is 4. The summed E-state index contributed by atoms with van der Waals surface area (Å²) in [6, 6.07) is 26.3. The Morgan fingerprint density at radius 1 is 0.857 bits per heavy atom. The minimum absolute atomic E-state index is 0. The maximum absolute atomic E-state index is 13.8. The van der Waals surface area contributed by atoms with E-state index in [1.165, 1.54) is 24.3 Å². The lowest BCUT2D eigenvalue weighted by Gasteiger charge is -2.14. The molecule has 220 valence electrons. The fourth-order valence-corrected chi connectivity index (χ4v) is 4.86. The molecule has 1 aromatic heterocycles. The highest BCUT2D eigenvalue weighted by Crippen LogP contribution is 2.36. The van der Waals surface area contributed by atoms with E-state index in [-0.39, 0.29) is 48.4 Å². The second-order valence-corrected chi connectivity index (χ2v) is 9.98. The van der Waals surface area contributed by atoms with E-state index in [9.17, 15) is 13.6 Å². The highest BCUT2D eigenvalue weighted by atomic mass is 35.5. The molecule has 0 unspecified atom stereocenters. The predicted molar refractivity (Wildman–Crippen MR) is 152 cm³/mol. The number of halogens is 4. The molecule has 0 bridgehead atoms. The number of aromatic nitrogens is 2. The number of quaternary nitrogens is 2. The van der Waals surface area contributed by atoms with Gasteiger partial charge in [-0.3, -0.25) is 4.79 Å². The Morgan fingerprint density at radius 2 is 1.43 bits per heavy atom. The van der Waals surface area contributed by atoms with Crippen molar-refractivity contribution in [2.75, 3.05) is 13.1 Å². The molecule has 42 heavy (non-hydrogen) atoms. The van der Waals surface area contributed by atoms with Crippen molar-refractivity contribution in [1.82, 2.24) is 14.9 Å². The maximum atomic E-state index is 13.8. The monoisotopic (exact) mass is 611 g/mol. The smallest absolute Gasteiger partial charge is 0.287 e. The van der Waals surface area contributed by atoms with Gasteiger partial charge in [0.25, 0.3) is 5.91 Å². The van der Waals surface area contributed by atoms with Gasteiger partial charge >= 0.3 is 0 Å². The molecule has 0 spiro atoms. The van der Waals surface area contributed by atoms with Crippen molar-refractivity contribution in [3.05, 3.63) is 114 Å². The Labute approximate surface area is 256 Å². The molecular formula is C32H33Cl2F2N5O. The van der Waals surface area contributed by atoms with E-state index >= 15 is 0 Å². The lowest BCUT2D eigenvalue weighted by atomic mass is 9.94. The zero-order valence-electron chi connectivity index (χ0n) is 23.0. The van der Waals surface area contributed by atoms with Gasteiger partial charge in [-0.15, -0.1) is 0 Å². The zero-order chi connectivity index (χ0) is 28.1. The molecular weight excluding hydrogens is 579 g/mol. The average molecular weight is 613 g/mol. The number of carbonyl (C=O) groups excluding carboxylic acids is 1. The number of hydrogen-bond acceptors (Lipinski definition) is 2. The molecule has 5 rings (SSSR count). The standard InChI is InChI=1S/C32H31F2N5O.2ClH/c33-24-12-8-22(9-13-24)27-17-29-30(18-28(27)23-10-14-25(34)15-11-23)39(20-21-5-2-1-3-6-21)31(38-29)32(40)37-19-26(36)7-4-16-35;;/h1-3,5-6,8-15,17-18,26H,4,7,16,19-20,35-36H2,(H,37,40);2*1H/t26-;;/m0../s1. The maximum Gasteiger partial charge on any atom is 0.287 e. The third-order valence-electron chi connectivity index (χ3n) is 7.00. The van der Waals surface area contributed by atoms with Gasteiger partial charge in [-0.1, -0.05) is 54.6 Å². The largest absolute Gasteiger partial charge is 1.00 e. The summed E-state index contributed by atoms with van der Waals surface area (Å²) in [6.07, 6.45) is 1.83. The topological polar surface area (TPSA) is 102 Å². The van der Waals surface area contributed by atoms with Crippen LogP contribution in [-0.2, 0) is 6.54 Å². The van der Waals surface area contributed by atoms with Gasteiger partial charge in [0, 0.05) is 19.4 Å². The molecule has 0 fully saturated rings. The molecule has 6 nitrogen and oxygen atoms in total. The highest BCUT2D eigenvalue weighted by molar-refractivity contribution is 5.99. The second kappa shape index (κ2) is 14.9. The minimum Gasteiger partial charge on any atom is -1.00 e. The van der Waals surface area contributed by atoms with E-state index < -0.39 is 0 Å². The molecule has 1 atom stereocenters. The summed E-state index contributed by atoms with van der Waals surface area (Å²) in [5.74, 6) is -0.648. The van der Waals surface area contributed by atoms with E-state index in [4.69, 9.17) is 4.98 Å². The molecule has 0 saturated carbocycles. The van der Waals surface area contributed by atoms with E-state index in [1.54, 1.807) is 24.3 Å². The van der Waals surface area contributed by atoms with Crippen LogP contribution in [0.3, 0.4) is 0 Å². The number of amides is 1. The second-order valence-electron chi connectivity index (χ2n) is 9.98. The number of hydrogen-bond donors (Lipinski definition) is 3. The number of nitrogens with zero attached hydrogens (tertiary/aromatic N) is 2. The summed E-state index contributed by atoms with van der Waals surface area (Å²) >= 11 is 0. The normalized spacial score (nSPS) is 11.4. The van der Waals surface area contributed by atoms with Crippen molar-refractivity contribution in [1.29, 1.82) is 0 Å². The van der Waals surface area contributed by atoms with Crippen LogP contribution in [0.1, 0.15) is 29.0 Å². The van der Waals surface area contributed by atoms with Gasteiger partial charge in [0.2, 0.25) is 0 Å². The lowest BCUT2D eigenvalue weighted by molar-refractivity contribution is -0.423. The average Bonchev–Trinajstić information content (AvgIpc) is 3.32. The van der Waals surface area contributed by atoms with Crippen molar-refractivity contribution < 1.29 is 49.9 Å². The number of imidazole rings is 1. The van der Waals surface area contributed by atoms with Gasteiger partial charge in [0.05, 0.1) is 24.1 Å². The number of carbonyl (C=O) groups is 1. The first-order valence-electron chi connectivity index (χ1n) is 13.4. The Kier molecular flexibility index (Phi) is 11.6. The Balaban J connectivity index is 0.00000242. The van der Waals surface area contributed by atoms with Crippen LogP contribution in [0.4, 0.5) is 8.78 Å². The molecule has 0 aliphatic rings. The van der Waals surface area contributed by atoms with E-state index in [1.807, 2.05) is 47.0 Å². The van der Waals surface area contributed by atoms with Crippen molar-refractivity contribution in [3.8, 4) is 22.3 Å². The summed E-state index contributed by atoms with van der Waals surface area (Å²) in [7, 11) is 0. The molecule has 4 aromatic carbocycles. The molecule has 1 amide bonds. The van der Waals surface area contributed by atoms with Crippen molar-refractivity contribution in [2.24, 2.45) is 0 Å². The predicted octanol–water partition coefficient (Wildman–Crippen LogP) is -1.93. The third-order valence-corrected chi connectivity index (χ3v) is 7.00. The number of fused-ring (bicyclic) bond motifs is 1. The van der Waals surface area contributed by atoms with Gasteiger partial charge < -0.3 is 46.2 Å². The summed E-state index contributed by atoms with van der Waals surface area (Å²) in [6.45, 7) is 1.71. The van der Waals surface area contributed by atoms with Crippen molar-refractivity contribution >= 4 is 16.9 Å². The van der Waals surface area contributed by atoms with Crippen molar-refractivity contribution in [3.63, 3.8) is 0 Å². The fourth-order valence-electron chi connectivity index (χ4n) is 4.86. The highest BCUT2D eigenvalue weighted by Gasteiger charge is 2.22. The molecule has 5 aromatic rings. The van der Waals surface area contributed by atoms with Gasteiger partial charge in [0.15, 0.2) is 5.82 Å². The van der Waals surface area contributed by atoms with Gasteiger partial charge in [-0.2, -0.15) is 0 Å². The molecule has 0 aliphatic heterocycles. The first-order valence-corrected chi connectivity index (χ1v) is 13.4. The van der Waals surface area contributed by atoms with E-state index in [0.29, 0.717) is 24.4 Å².